The summed E-state index contributed by atoms with van der Waals surface area (Å²) in [4.78, 5) is 29.1. The van der Waals surface area contributed by atoms with Crippen molar-refractivity contribution < 1.29 is 9.59 Å². The van der Waals surface area contributed by atoms with Gasteiger partial charge in [0.2, 0.25) is 0 Å². The van der Waals surface area contributed by atoms with Crippen molar-refractivity contribution in [3.05, 3.63) is 95.1 Å². The summed E-state index contributed by atoms with van der Waals surface area (Å²) >= 11 is 0. The average molecular weight is 338 g/mol. The highest BCUT2D eigenvalue weighted by molar-refractivity contribution is 6.30. The molecule has 124 valence electrons. The lowest BCUT2D eigenvalue weighted by Gasteiger charge is -2.20. The smallest absolute Gasteiger partial charge is 0.196 e. The van der Waals surface area contributed by atoms with Crippen LogP contribution < -0.4 is 5.32 Å². The molecule has 0 bridgehead atoms. The van der Waals surface area contributed by atoms with E-state index in [4.69, 9.17) is 0 Å². The molecular formula is C22H14N2O2. The van der Waals surface area contributed by atoms with Crippen molar-refractivity contribution >= 4 is 34.0 Å². The Morgan fingerprint density at radius 3 is 2.19 bits per heavy atom. The molecule has 0 saturated heterocycles. The molecule has 0 atom stereocenters. The second kappa shape index (κ2) is 5.43. The number of para-hydroxylation sites is 1. The monoisotopic (exact) mass is 338 g/mol. The molecule has 4 nitrogen and oxygen atoms in total. The number of H-pyrrole nitrogens is 1. The Kier molecular flexibility index (Phi) is 3.06. The highest BCUT2D eigenvalue weighted by atomic mass is 16.1. The van der Waals surface area contributed by atoms with Crippen LogP contribution >= 0.6 is 0 Å². The number of benzene rings is 3. The summed E-state index contributed by atoms with van der Waals surface area (Å²) in [5, 5.41) is 4.35. The number of ketones is 2. The van der Waals surface area contributed by atoms with Crippen LogP contribution in [0.15, 0.2) is 72.8 Å². The lowest BCUT2D eigenvalue weighted by atomic mass is 9.83. The van der Waals surface area contributed by atoms with E-state index >= 15 is 0 Å². The number of aromatic nitrogens is 1. The molecule has 1 aromatic heterocycles. The molecule has 1 aliphatic carbocycles. The number of hydrogen-bond acceptors (Lipinski definition) is 3. The first-order valence-electron chi connectivity index (χ1n) is 8.38. The van der Waals surface area contributed by atoms with Gasteiger partial charge in [-0.2, -0.15) is 0 Å². The number of rotatable bonds is 2. The first-order valence-corrected chi connectivity index (χ1v) is 8.38. The summed E-state index contributed by atoms with van der Waals surface area (Å²) in [6, 6.07) is 22.2. The largest absolute Gasteiger partial charge is 0.341 e. The number of carbonyl (C=O) groups excluding carboxylic acids is 2. The van der Waals surface area contributed by atoms with Crippen molar-refractivity contribution in [2.45, 2.75) is 0 Å². The quantitative estimate of drug-likeness (QED) is 0.491. The van der Waals surface area contributed by atoms with E-state index in [9.17, 15) is 9.59 Å². The fourth-order valence-electron chi connectivity index (χ4n) is 3.53. The lowest BCUT2D eigenvalue weighted by Crippen LogP contribution is -2.22. The molecule has 0 amide bonds. The molecule has 2 N–H and O–H groups in total. The Bertz CT molecular complexity index is 1170. The molecule has 0 spiro atoms. The fraction of sp³-hybridized carbons (Fsp3) is 0. The van der Waals surface area contributed by atoms with E-state index in [-0.39, 0.29) is 11.6 Å². The zero-order valence-electron chi connectivity index (χ0n) is 13.7. The van der Waals surface area contributed by atoms with Crippen LogP contribution in [0.3, 0.4) is 0 Å². The van der Waals surface area contributed by atoms with Crippen molar-refractivity contribution in [1.29, 1.82) is 0 Å². The van der Waals surface area contributed by atoms with Crippen molar-refractivity contribution in [3.63, 3.8) is 0 Å². The molecule has 0 saturated carbocycles. The number of hydrogen-bond donors (Lipinski definition) is 2. The Hall–Kier alpha value is -3.66. The molecular weight excluding hydrogens is 324 g/mol. The minimum Gasteiger partial charge on any atom is -0.341 e. The molecule has 5 rings (SSSR count). The highest BCUT2D eigenvalue weighted by Gasteiger charge is 2.31. The van der Waals surface area contributed by atoms with Gasteiger partial charge in [-0.3, -0.25) is 9.59 Å². The second-order valence-corrected chi connectivity index (χ2v) is 6.33. The maximum Gasteiger partial charge on any atom is 0.196 e. The zero-order valence-corrected chi connectivity index (χ0v) is 13.7. The Balaban J connectivity index is 1.64. The van der Waals surface area contributed by atoms with E-state index in [1.165, 1.54) is 0 Å². The van der Waals surface area contributed by atoms with Gasteiger partial charge in [0.25, 0.3) is 0 Å². The van der Waals surface area contributed by atoms with Crippen LogP contribution in [-0.4, -0.2) is 16.6 Å². The summed E-state index contributed by atoms with van der Waals surface area (Å²) in [5.41, 5.74) is 3.42. The van der Waals surface area contributed by atoms with Gasteiger partial charge in [0, 0.05) is 27.6 Å². The maximum atomic E-state index is 13.0. The molecule has 1 aliphatic rings. The zero-order chi connectivity index (χ0) is 17.7. The van der Waals surface area contributed by atoms with E-state index in [1.807, 2.05) is 36.4 Å². The van der Waals surface area contributed by atoms with E-state index in [0.717, 1.165) is 16.7 Å². The van der Waals surface area contributed by atoms with Gasteiger partial charge < -0.3 is 10.3 Å². The number of nitrogens with one attached hydrogen (secondary N) is 2. The van der Waals surface area contributed by atoms with Crippen molar-refractivity contribution in [2.75, 3.05) is 5.32 Å². The third-order valence-electron chi connectivity index (χ3n) is 4.75. The first-order chi connectivity index (χ1) is 12.7. The van der Waals surface area contributed by atoms with E-state index in [1.54, 1.807) is 36.4 Å². The minimum absolute atomic E-state index is 0.115. The van der Waals surface area contributed by atoms with Crippen molar-refractivity contribution in [2.24, 2.45) is 0 Å². The standard InChI is InChI=1S/C22H14N2O2/c25-21-14-7-2-3-8-15(14)22(26)20-16(21)9-5-11-18(20)24-19-12-13-6-1-4-10-17(13)23-19/h1-12,23-24H. The average Bonchev–Trinajstić information content (AvgIpc) is 3.08. The van der Waals surface area contributed by atoms with Crippen LogP contribution in [0.25, 0.3) is 10.9 Å². The first kappa shape index (κ1) is 14.7. The predicted octanol–water partition coefficient (Wildman–Crippen LogP) is 4.69. The SMILES string of the molecule is O=C1c2ccccc2C(=O)c2c(Nc3cc4ccccc4[nH]3)cccc21. The van der Waals surface area contributed by atoms with E-state index in [2.05, 4.69) is 10.3 Å². The van der Waals surface area contributed by atoms with Gasteiger partial charge in [0.15, 0.2) is 11.6 Å². The van der Waals surface area contributed by atoms with Gasteiger partial charge in [-0.1, -0.05) is 54.6 Å². The van der Waals surface area contributed by atoms with Crippen molar-refractivity contribution in [3.8, 4) is 0 Å². The third-order valence-corrected chi connectivity index (χ3v) is 4.75. The molecule has 3 aromatic carbocycles. The molecule has 4 heteroatoms. The minimum atomic E-state index is -0.130. The summed E-state index contributed by atoms with van der Waals surface area (Å²) < 4.78 is 0. The van der Waals surface area contributed by atoms with Gasteiger partial charge in [0.05, 0.1) is 11.3 Å². The predicted molar refractivity (Wildman–Crippen MR) is 101 cm³/mol. The maximum absolute atomic E-state index is 13.0. The van der Waals surface area contributed by atoms with Gasteiger partial charge >= 0.3 is 0 Å². The third kappa shape index (κ3) is 2.09. The van der Waals surface area contributed by atoms with Crippen LogP contribution in [0.2, 0.25) is 0 Å². The number of fused-ring (bicyclic) bond motifs is 3. The van der Waals surface area contributed by atoms with Crippen LogP contribution in [0.1, 0.15) is 31.8 Å². The van der Waals surface area contributed by atoms with Crippen LogP contribution in [0.4, 0.5) is 11.5 Å². The Morgan fingerprint density at radius 2 is 1.38 bits per heavy atom. The molecule has 0 fully saturated rings. The molecule has 1 heterocycles. The summed E-state index contributed by atoms with van der Waals surface area (Å²) in [5.74, 6) is 0.531. The molecule has 4 aromatic rings. The summed E-state index contributed by atoms with van der Waals surface area (Å²) in [7, 11) is 0. The van der Waals surface area contributed by atoms with Crippen LogP contribution in [0, 0.1) is 0 Å². The number of carbonyl (C=O) groups is 2. The fourth-order valence-corrected chi connectivity index (χ4v) is 3.53. The van der Waals surface area contributed by atoms with E-state index < -0.39 is 0 Å². The Labute approximate surface area is 149 Å². The summed E-state index contributed by atoms with van der Waals surface area (Å²) in [6.45, 7) is 0. The summed E-state index contributed by atoms with van der Waals surface area (Å²) in [6.07, 6.45) is 0. The van der Waals surface area contributed by atoms with Gasteiger partial charge in [-0.05, 0) is 18.2 Å². The van der Waals surface area contributed by atoms with Gasteiger partial charge in [-0.25, -0.2) is 0 Å². The second-order valence-electron chi connectivity index (χ2n) is 6.33. The number of aromatic amines is 1. The Morgan fingerprint density at radius 1 is 0.692 bits per heavy atom. The van der Waals surface area contributed by atoms with Crippen molar-refractivity contribution in [1.82, 2.24) is 4.98 Å². The molecule has 0 radical (unpaired) electrons. The number of anilines is 2. The molecule has 0 aliphatic heterocycles. The molecule has 26 heavy (non-hydrogen) atoms. The highest BCUT2D eigenvalue weighted by Crippen LogP contribution is 2.33. The molecule has 0 unspecified atom stereocenters. The van der Waals surface area contributed by atoms with Crippen LogP contribution in [-0.2, 0) is 0 Å². The van der Waals surface area contributed by atoms with Gasteiger partial charge in [0.1, 0.15) is 5.82 Å². The van der Waals surface area contributed by atoms with Gasteiger partial charge in [-0.15, -0.1) is 0 Å². The van der Waals surface area contributed by atoms with E-state index in [0.29, 0.717) is 27.9 Å². The lowest BCUT2D eigenvalue weighted by molar-refractivity contribution is 0.0979. The van der Waals surface area contributed by atoms with Crippen LogP contribution in [0.5, 0.6) is 0 Å². The topological polar surface area (TPSA) is 62.0 Å². The normalized spacial score (nSPS) is 12.8.